The number of nitrogens with one attached hydrogen (secondary N) is 1. The van der Waals surface area contributed by atoms with E-state index in [1.165, 1.54) is 0 Å². The van der Waals surface area contributed by atoms with Crippen LogP contribution in [0, 0.1) is 6.92 Å². The van der Waals surface area contributed by atoms with Gasteiger partial charge in [-0.25, -0.2) is 0 Å². The third-order valence-electron chi connectivity index (χ3n) is 3.50. The van der Waals surface area contributed by atoms with Crippen LogP contribution in [0.4, 0.5) is 5.69 Å². The van der Waals surface area contributed by atoms with Gasteiger partial charge in [-0.05, 0) is 43.9 Å². The first kappa shape index (κ1) is 12.0. The minimum Gasteiger partial charge on any atom is -0.322 e. The fourth-order valence-electron chi connectivity index (χ4n) is 2.53. The number of fused-ring (bicyclic) bond motifs is 1. The summed E-state index contributed by atoms with van der Waals surface area (Å²) in [5.41, 5.74) is 3.74. The normalized spacial score (nSPS) is 13.9. The van der Waals surface area contributed by atoms with Crippen LogP contribution >= 0.6 is 0 Å². The molecular weight excluding hydrogens is 238 g/mol. The van der Waals surface area contributed by atoms with Crippen molar-refractivity contribution in [3.05, 3.63) is 47.3 Å². The zero-order chi connectivity index (χ0) is 13.2. The molecule has 0 atom stereocenters. The molecule has 98 valence electrons. The Kier molecular flexibility index (Phi) is 3.07. The van der Waals surface area contributed by atoms with Crippen molar-refractivity contribution in [1.82, 2.24) is 9.78 Å². The molecule has 1 amide bonds. The van der Waals surface area contributed by atoms with Crippen molar-refractivity contribution in [2.45, 2.75) is 32.7 Å². The molecular formula is C15H17N3O. The molecule has 1 aromatic carbocycles. The van der Waals surface area contributed by atoms with Crippen molar-refractivity contribution >= 4 is 11.6 Å². The average molecular weight is 255 g/mol. The molecule has 0 bridgehead atoms. The van der Waals surface area contributed by atoms with E-state index in [0.717, 1.165) is 42.8 Å². The SMILES string of the molecule is Cc1cccc(NC(=O)c2cnn3c2CCCC3)c1. The van der Waals surface area contributed by atoms with Gasteiger partial charge in [-0.2, -0.15) is 5.10 Å². The highest BCUT2D eigenvalue weighted by Crippen LogP contribution is 2.19. The van der Waals surface area contributed by atoms with Crippen molar-refractivity contribution < 1.29 is 4.79 Å². The van der Waals surface area contributed by atoms with Crippen LogP contribution in [0.5, 0.6) is 0 Å². The van der Waals surface area contributed by atoms with E-state index in [1.54, 1.807) is 6.20 Å². The molecule has 2 aromatic rings. The summed E-state index contributed by atoms with van der Waals surface area (Å²) >= 11 is 0. The molecule has 4 nitrogen and oxygen atoms in total. The Labute approximate surface area is 112 Å². The number of aromatic nitrogens is 2. The van der Waals surface area contributed by atoms with Crippen LogP contribution in [-0.4, -0.2) is 15.7 Å². The summed E-state index contributed by atoms with van der Waals surface area (Å²) in [6.07, 6.45) is 4.91. The van der Waals surface area contributed by atoms with E-state index in [-0.39, 0.29) is 5.91 Å². The Morgan fingerprint density at radius 1 is 1.37 bits per heavy atom. The number of carbonyl (C=O) groups excluding carboxylic acids is 1. The van der Waals surface area contributed by atoms with Crippen molar-refractivity contribution in [3.8, 4) is 0 Å². The first-order valence-electron chi connectivity index (χ1n) is 6.67. The van der Waals surface area contributed by atoms with E-state index in [4.69, 9.17) is 0 Å². The Hall–Kier alpha value is -2.10. The van der Waals surface area contributed by atoms with Crippen LogP contribution in [-0.2, 0) is 13.0 Å². The lowest BCUT2D eigenvalue weighted by Crippen LogP contribution is -2.17. The summed E-state index contributed by atoms with van der Waals surface area (Å²) in [7, 11) is 0. The summed E-state index contributed by atoms with van der Waals surface area (Å²) in [6, 6.07) is 7.82. The number of hydrogen-bond donors (Lipinski definition) is 1. The first-order valence-corrected chi connectivity index (χ1v) is 6.67. The van der Waals surface area contributed by atoms with Gasteiger partial charge in [-0.15, -0.1) is 0 Å². The number of anilines is 1. The average Bonchev–Trinajstić information content (AvgIpc) is 2.82. The minimum absolute atomic E-state index is 0.0613. The number of benzene rings is 1. The number of nitrogens with zero attached hydrogens (tertiary/aromatic N) is 2. The Morgan fingerprint density at radius 2 is 2.26 bits per heavy atom. The molecule has 0 saturated heterocycles. The lowest BCUT2D eigenvalue weighted by atomic mass is 10.1. The number of amides is 1. The highest BCUT2D eigenvalue weighted by atomic mass is 16.1. The number of carbonyl (C=O) groups is 1. The highest BCUT2D eigenvalue weighted by molar-refractivity contribution is 6.05. The zero-order valence-electron chi connectivity index (χ0n) is 11.0. The topological polar surface area (TPSA) is 46.9 Å². The van der Waals surface area contributed by atoms with Gasteiger partial charge in [0, 0.05) is 12.2 Å². The zero-order valence-corrected chi connectivity index (χ0v) is 11.0. The van der Waals surface area contributed by atoms with Crippen LogP contribution < -0.4 is 5.32 Å². The van der Waals surface area contributed by atoms with Crippen molar-refractivity contribution in [3.63, 3.8) is 0 Å². The van der Waals surface area contributed by atoms with Crippen LogP contribution in [0.25, 0.3) is 0 Å². The molecule has 0 spiro atoms. The second-order valence-corrected chi connectivity index (χ2v) is 5.01. The van der Waals surface area contributed by atoms with E-state index in [1.807, 2.05) is 35.9 Å². The van der Waals surface area contributed by atoms with E-state index >= 15 is 0 Å². The van der Waals surface area contributed by atoms with Crippen molar-refractivity contribution in [1.29, 1.82) is 0 Å². The van der Waals surface area contributed by atoms with Gasteiger partial charge in [0.15, 0.2) is 0 Å². The fourth-order valence-corrected chi connectivity index (χ4v) is 2.53. The fraction of sp³-hybridized carbons (Fsp3) is 0.333. The lowest BCUT2D eigenvalue weighted by molar-refractivity contribution is 0.102. The number of hydrogen-bond acceptors (Lipinski definition) is 2. The van der Waals surface area contributed by atoms with Gasteiger partial charge in [-0.3, -0.25) is 9.48 Å². The Balaban J connectivity index is 1.83. The third-order valence-corrected chi connectivity index (χ3v) is 3.50. The third kappa shape index (κ3) is 2.38. The molecule has 19 heavy (non-hydrogen) atoms. The molecule has 1 aliphatic heterocycles. The van der Waals surface area contributed by atoms with Gasteiger partial charge in [0.05, 0.1) is 17.5 Å². The quantitative estimate of drug-likeness (QED) is 0.897. The molecule has 0 fully saturated rings. The maximum absolute atomic E-state index is 12.3. The molecule has 0 unspecified atom stereocenters. The lowest BCUT2D eigenvalue weighted by Gasteiger charge is -2.14. The number of rotatable bonds is 2. The molecule has 0 saturated carbocycles. The number of aryl methyl sites for hydroxylation is 2. The maximum Gasteiger partial charge on any atom is 0.259 e. The second-order valence-electron chi connectivity index (χ2n) is 5.01. The van der Waals surface area contributed by atoms with Crippen molar-refractivity contribution in [2.75, 3.05) is 5.32 Å². The summed E-state index contributed by atoms with van der Waals surface area (Å²) in [6.45, 7) is 2.94. The predicted octanol–water partition coefficient (Wildman–Crippen LogP) is 2.78. The highest BCUT2D eigenvalue weighted by Gasteiger charge is 2.19. The predicted molar refractivity (Wildman–Crippen MR) is 74.3 cm³/mol. The molecule has 0 radical (unpaired) electrons. The monoisotopic (exact) mass is 255 g/mol. The smallest absolute Gasteiger partial charge is 0.259 e. The Bertz CT molecular complexity index is 616. The van der Waals surface area contributed by atoms with Crippen LogP contribution in [0.1, 0.15) is 34.5 Å². The van der Waals surface area contributed by atoms with E-state index < -0.39 is 0 Å². The van der Waals surface area contributed by atoms with Gasteiger partial charge in [-0.1, -0.05) is 12.1 Å². The van der Waals surface area contributed by atoms with E-state index in [2.05, 4.69) is 10.4 Å². The molecule has 1 N–H and O–H groups in total. The van der Waals surface area contributed by atoms with E-state index in [9.17, 15) is 4.79 Å². The summed E-state index contributed by atoms with van der Waals surface area (Å²) in [4.78, 5) is 12.3. The van der Waals surface area contributed by atoms with Crippen molar-refractivity contribution in [2.24, 2.45) is 0 Å². The maximum atomic E-state index is 12.3. The van der Waals surface area contributed by atoms with Gasteiger partial charge < -0.3 is 5.32 Å². The summed E-state index contributed by atoms with van der Waals surface area (Å²) in [5, 5.41) is 7.24. The standard InChI is InChI=1S/C15H17N3O/c1-11-5-4-6-12(9-11)17-15(19)13-10-16-18-8-3-2-7-14(13)18/h4-6,9-10H,2-3,7-8H2,1H3,(H,17,19). The molecule has 4 heteroatoms. The van der Waals surface area contributed by atoms with E-state index in [0.29, 0.717) is 5.56 Å². The largest absolute Gasteiger partial charge is 0.322 e. The van der Waals surface area contributed by atoms with Crippen LogP contribution in [0.3, 0.4) is 0 Å². The van der Waals surface area contributed by atoms with Crippen LogP contribution in [0.2, 0.25) is 0 Å². The van der Waals surface area contributed by atoms with Gasteiger partial charge in [0.25, 0.3) is 5.91 Å². The summed E-state index contributed by atoms with van der Waals surface area (Å²) < 4.78 is 1.95. The summed E-state index contributed by atoms with van der Waals surface area (Å²) in [5.74, 6) is -0.0613. The molecule has 1 aromatic heterocycles. The van der Waals surface area contributed by atoms with Gasteiger partial charge in [0.2, 0.25) is 0 Å². The van der Waals surface area contributed by atoms with Gasteiger partial charge in [0.1, 0.15) is 0 Å². The first-order chi connectivity index (χ1) is 9.24. The molecule has 0 aliphatic carbocycles. The second kappa shape index (κ2) is 4.88. The molecule has 3 rings (SSSR count). The van der Waals surface area contributed by atoms with Gasteiger partial charge >= 0.3 is 0 Å². The Morgan fingerprint density at radius 3 is 3.11 bits per heavy atom. The molecule has 1 aliphatic rings. The minimum atomic E-state index is -0.0613. The molecule has 2 heterocycles. The van der Waals surface area contributed by atoms with Crippen LogP contribution in [0.15, 0.2) is 30.5 Å².